The highest BCUT2D eigenvalue weighted by Gasteiger charge is 2.18. The van der Waals surface area contributed by atoms with Gasteiger partial charge in [0.2, 0.25) is 5.91 Å². The first kappa shape index (κ1) is 23.5. The maximum atomic E-state index is 12.7. The van der Waals surface area contributed by atoms with E-state index in [1.807, 2.05) is 24.6 Å². The number of aromatic nitrogens is 4. The molecule has 3 heterocycles. The Morgan fingerprint density at radius 2 is 1.85 bits per heavy atom. The number of amides is 1. The molecule has 10 heteroatoms. The molecule has 1 aliphatic rings. The summed E-state index contributed by atoms with van der Waals surface area (Å²) < 4.78 is 17.8. The fourth-order valence-electron chi connectivity index (χ4n) is 4.03. The van der Waals surface area contributed by atoms with Crippen molar-refractivity contribution in [1.82, 2.24) is 19.7 Å². The summed E-state index contributed by atoms with van der Waals surface area (Å²) in [4.78, 5) is 23.7. The lowest BCUT2D eigenvalue weighted by molar-refractivity contribution is -0.116. The zero-order valence-electron chi connectivity index (χ0n) is 20.0. The third kappa shape index (κ3) is 5.12. The van der Waals surface area contributed by atoms with Crippen molar-refractivity contribution in [2.24, 2.45) is 0 Å². The Morgan fingerprint density at radius 3 is 2.59 bits per heavy atom. The van der Waals surface area contributed by atoms with Crippen molar-refractivity contribution in [3.8, 4) is 17.3 Å². The van der Waals surface area contributed by atoms with Crippen LogP contribution in [0.25, 0.3) is 5.82 Å². The van der Waals surface area contributed by atoms with Gasteiger partial charge in [-0.05, 0) is 38.0 Å². The lowest BCUT2D eigenvalue weighted by atomic mass is 10.1. The van der Waals surface area contributed by atoms with Gasteiger partial charge in [0.25, 0.3) is 0 Å². The predicted molar refractivity (Wildman–Crippen MR) is 128 cm³/mol. The number of rotatable bonds is 8. The number of carbonyl (C=O) groups excluding carboxylic acids is 1. The molecule has 1 aromatic carbocycles. The minimum atomic E-state index is -0.105. The van der Waals surface area contributed by atoms with E-state index in [1.165, 1.54) is 0 Å². The van der Waals surface area contributed by atoms with Crippen molar-refractivity contribution in [3.63, 3.8) is 0 Å². The van der Waals surface area contributed by atoms with Crippen LogP contribution in [0.4, 0.5) is 11.5 Å². The summed E-state index contributed by atoms with van der Waals surface area (Å²) in [6, 6.07) is 7.23. The van der Waals surface area contributed by atoms with Crippen LogP contribution in [0.15, 0.2) is 30.6 Å². The maximum absolute atomic E-state index is 12.7. The van der Waals surface area contributed by atoms with Crippen molar-refractivity contribution in [2.75, 3.05) is 50.7 Å². The van der Waals surface area contributed by atoms with E-state index in [9.17, 15) is 4.79 Å². The Morgan fingerprint density at radius 1 is 1.09 bits per heavy atom. The van der Waals surface area contributed by atoms with Gasteiger partial charge in [-0.3, -0.25) is 4.79 Å². The van der Waals surface area contributed by atoms with E-state index < -0.39 is 0 Å². The molecule has 2 aromatic heterocycles. The number of carbonyl (C=O) groups is 1. The summed E-state index contributed by atoms with van der Waals surface area (Å²) >= 11 is 0. The largest absolute Gasteiger partial charge is 0.497 e. The van der Waals surface area contributed by atoms with E-state index in [2.05, 4.69) is 20.2 Å². The van der Waals surface area contributed by atoms with Crippen LogP contribution in [-0.4, -0.2) is 66.2 Å². The molecule has 180 valence electrons. The molecule has 1 fully saturated rings. The van der Waals surface area contributed by atoms with Crippen LogP contribution in [0, 0.1) is 13.8 Å². The zero-order chi connectivity index (χ0) is 24.1. The van der Waals surface area contributed by atoms with Gasteiger partial charge in [0.1, 0.15) is 23.6 Å². The van der Waals surface area contributed by atoms with Gasteiger partial charge in [0, 0.05) is 37.3 Å². The molecule has 0 atom stereocenters. The topological polar surface area (TPSA) is 104 Å². The van der Waals surface area contributed by atoms with Gasteiger partial charge in [-0.1, -0.05) is 0 Å². The Labute approximate surface area is 198 Å². The first-order chi connectivity index (χ1) is 16.5. The van der Waals surface area contributed by atoms with Crippen molar-refractivity contribution in [3.05, 3.63) is 47.5 Å². The average Bonchev–Trinajstić information content (AvgIpc) is 3.16. The lowest BCUT2D eigenvalue weighted by Crippen LogP contribution is -2.36. The van der Waals surface area contributed by atoms with E-state index in [-0.39, 0.29) is 5.91 Å². The smallest absolute Gasteiger partial charge is 0.224 e. The Balaban J connectivity index is 1.46. The molecule has 0 bridgehead atoms. The number of ether oxygens (including phenoxy) is 3. The molecule has 1 amide bonds. The van der Waals surface area contributed by atoms with E-state index in [4.69, 9.17) is 19.3 Å². The second kappa shape index (κ2) is 10.5. The molecule has 0 saturated carbocycles. The number of nitrogens with zero attached hydrogens (tertiary/aromatic N) is 5. The first-order valence-electron chi connectivity index (χ1n) is 11.2. The molecule has 4 rings (SSSR count). The van der Waals surface area contributed by atoms with E-state index >= 15 is 0 Å². The molecule has 0 unspecified atom stereocenters. The lowest BCUT2D eigenvalue weighted by Gasteiger charge is -2.27. The van der Waals surface area contributed by atoms with Gasteiger partial charge in [0.05, 0.1) is 38.8 Å². The summed E-state index contributed by atoms with van der Waals surface area (Å²) in [5, 5.41) is 7.61. The Bertz CT molecular complexity index is 1160. The summed E-state index contributed by atoms with van der Waals surface area (Å²) in [6.45, 7) is 6.92. The highest BCUT2D eigenvalue weighted by Crippen LogP contribution is 2.29. The second-order valence-electron chi connectivity index (χ2n) is 8.01. The standard InChI is InChI=1S/C24H30N6O4/c1-16-19(6-8-24(31)27-20-7-5-18(32-3)13-21(20)33-4)17(2)30(28-16)23-14-22(25-15-26-23)29-9-11-34-12-10-29/h5,7,13-15H,6,8-12H2,1-4H3,(H,27,31). The second-order valence-corrected chi connectivity index (χ2v) is 8.01. The number of morpholine rings is 1. The van der Waals surface area contributed by atoms with Gasteiger partial charge in [-0.2, -0.15) is 5.10 Å². The summed E-state index contributed by atoms with van der Waals surface area (Å²) in [5.41, 5.74) is 3.47. The van der Waals surface area contributed by atoms with Crippen molar-refractivity contribution in [1.29, 1.82) is 0 Å². The van der Waals surface area contributed by atoms with Gasteiger partial charge in [0.15, 0.2) is 5.82 Å². The molecular weight excluding hydrogens is 436 g/mol. The van der Waals surface area contributed by atoms with E-state index in [1.54, 1.807) is 38.7 Å². The average molecular weight is 467 g/mol. The third-order valence-corrected chi connectivity index (χ3v) is 5.92. The summed E-state index contributed by atoms with van der Waals surface area (Å²) in [6.07, 6.45) is 2.43. The van der Waals surface area contributed by atoms with E-state index in [0.29, 0.717) is 49.1 Å². The highest BCUT2D eigenvalue weighted by atomic mass is 16.5. The van der Waals surface area contributed by atoms with Gasteiger partial charge in [-0.15, -0.1) is 0 Å². The van der Waals surface area contributed by atoms with Gasteiger partial charge < -0.3 is 24.4 Å². The number of methoxy groups -OCH3 is 2. The fraction of sp³-hybridized carbons (Fsp3) is 0.417. The molecule has 1 saturated heterocycles. The molecule has 1 N–H and O–H groups in total. The Kier molecular flexibility index (Phi) is 7.27. The number of hydrogen-bond acceptors (Lipinski definition) is 8. The van der Waals surface area contributed by atoms with Gasteiger partial charge >= 0.3 is 0 Å². The molecule has 0 spiro atoms. The maximum Gasteiger partial charge on any atom is 0.224 e. The van der Waals surface area contributed by atoms with Crippen LogP contribution < -0.4 is 19.7 Å². The predicted octanol–water partition coefficient (Wildman–Crippen LogP) is 2.70. The van der Waals surface area contributed by atoms with Crippen LogP contribution in [0.5, 0.6) is 11.5 Å². The van der Waals surface area contributed by atoms with Gasteiger partial charge in [-0.25, -0.2) is 14.6 Å². The van der Waals surface area contributed by atoms with Crippen LogP contribution in [0.1, 0.15) is 23.4 Å². The SMILES string of the molecule is COc1ccc(NC(=O)CCc2c(C)nn(-c3cc(N4CCOCC4)ncn3)c2C)c(OC)c1. The minimum Gasteiger partial charge on any atom is -0.497 e. The quantitative estimate of drug-likeness (QED) is 0.541. The number of hydrogen-bond donors (Lipinski definition) is 1. The number of anilines is 2. The van der Waals surface area contributed by atoms with Crippen molar-refractivity contribution >= 4 is 17.4 Å². The monoisotopic (exact) mass is 466 g/mol. The molecule has 34 heavy (non-hydrogen) atoms. The third-order valence-electron chi connectivity index (χ3n) is 5.92. The van der Waals surface area contributed by atoms with Crippen molar-refractivity contribution in [2.45, 2.75) is 26.7 Å². The van der Waals surface area contributed by atoms with Crippen LogP contribution in [-0.2, 0) is 16.0 Å². The van der Waals surface area contributed by atoms with E-state index in [0.717, 1.165) is 35.9 Å². The number of nitrogens with one attached hydrogen (secondary N) is 1. The van der Waals surface area contributed by atoms with Crippen LogP contribution in [0.2, 0.25) is 0 Å². The number of benzene rings is 1. The first-order valence-corrected chi connectivity index (χ1v) is 11.2. The summed E-state index contributed by atoms with van der Waals surface area (Å²) in [7, 11) is 3.14. The molecule has 10 nitrogen and oxygen atoms in total. The van der Waals surface area contributed by atoms with Crippen LogP contribution in [0.3, 0.4) is 0 Å². The molecule has 1 aliphatic heterocycles. The highest BCUT2D eigenvalue weighted by molar-refractivity contribution is 5.92. The molecule has 3 aromatic rings. The number of aryl methyl sites for hydroxylation is 1. The normalized spacial score (nSPS) is 13.6. The summed E-state index contributed by atoms with van der Waals surface area (Å²) in [5.74, 6) is 2.67. The Hall–Kier alpha value is -3.66. The fourth-order valence-corrected chi connectivity index (χ4v) is 4.03. The van der Waals surface area contributed by atoms with Crippen molar-refractivity contribution < 1.29 is 19.0 Å². The molecular formula is C24H30N6O4. The molecule has 0 aliphatic carbocycles. The minimum absolute atomic E-state index is 0.105. The molecule has 0 radical (unpaired) electrons. The van der Waals surface area contributed by atoms with Crippen LogP contribution >= 0.6 is 0 Å². The zero-order valence-corrected chi connectivity index (χ0v) is 20.0.